The molecule has 3 N–H and O–H groups in total. The fourth-order valence-corrected chi connectivity index (χ4v) is 4.76. The SMILES string of the molecule is NCCNS(=O)(=O)c1ccc([C@@H]2C[C@H]2C(=O)Cc2ccc3cncc(F)c3c2)cc1. The van der Waals surface area contributed by atoms with Gasteiger partial charge in [-0.15, -0.1) is 0 Å². The van der Waals surface area contributed by atoms with Crippen LogP contribution in [0.15, 0.2) is 59.8 Å². The second-order valence-corrected chi connectivity index (χ2v) is 9.29. The Labute approximate surface area is 174 Å². The van der Waals surface area contributed by atoms with Crippen LogP contribution in [-0.2, 0) is 21.2 Å². The van der Waals surface area contributed by atoms with Gasteiger partial charge >= 0.3 is 0 Å². The molecule has 6 nitrogen and oxygen atoms in total. The third-order valence-corrected chi connectivity index (χ3v) is 6.89. The molecule has 0 bridgehead atoms. The number of pyridine rings is 1. The molecule has 2 atom stereocenters. The minimum Gasteiger partial charge on any atom is -0.329 e. The summed E-state index contributed by atoms with van der Waals surface area (Å²) >= 11 is 0. The van der Waals surface area contributed by atoms with Crippen molar-refractivity contribution in [2.24, 2.45) is 11.7 Å². The first-order valence-electron chi connectivity index (χ1n) is 9.73. The number of halogens is 1. The molecule has 1 aliphatic carbocycles. The first kappa shape index (κ1) is 20.6. The molecule has 3 aromatic rings. The van der Waals surface area contributed by atoms with Gasteiger partial charge in [0, 0.05) is 42.4 Å². The van der Waals surface area contributed by atoms with Crippen LogP contribution < -0.4 is 10.5 Å². The average Bonchev–Trinajstić information content (AvgIpc) is 3.54. The van der Waals surface area contributed by atoms with Crippen molar-refractivity contribution in [3.8, 4) is 0 Å². The molecule has 0 aliphatic heterocycles. The maximum absolute atomic E-state index is 13.9. The van der Waals surface area contributed by atoms with Gasteiger partial charge in [0.1, 0.15) is 11.6 Å². The number of nitrogens with zero attached hydrogens (tertiary/aromatic N) is 1. The molecule has 0 unspecified atom stereocenters. The third kappa shape index (κ3) is 4.26. The zero-order chi connectivity index (χ0) is 21.3. The summed E-state index contributed by atoms with van der Waals surface area (Å²) in [5, 5.41) is 1.16. The summed E-state index contributed by atoms with van der Waals surface area (Å²) in [5.41, 5.74) is 7.06. The van der Waals surface area contributed by atoms with Gasteiger partial charge in [-0.2, -0.15) is 0 Å². The van der Waals surface area contributed by atoms with Crippen LogP contribution in [-0.4, -0.2) is 32.3 Å². The number of Topliss-reactive ketones (excluding diaryl/α,β-unsaturated/α-hetero) is 1. The van der Waals surface area contributed by atoms with E-state index in [2.05, 4.69) is 9.71 Å². The molecule has 0 amide bonds. The summed E-state index contributed by atoms with van der Waals surface area (Å²) in [6.45, 7) is 0.405. The summed E-state index contributed by atoms with van der Waals surface area (Å²) in [7, 11) is -3.57. The number of sulfonamides is 1. The highest BCUT2D eigenvalue weighted by atomic mass is 32.2. The Balaban J connectivity index is 1.42. The Morgan fingerprint density at radius 1 is 1.17 bits per heavy atom. The lowest BCUT2D eigenvalue weighted by Gasteiger charge is -2.07. The summed E-state index contributed by atoms with van der Waals surface area (Å²) in [4.78, 5) is 16.7. The van der Waals surface area contributed by atoms with Crippen molar-refractivity contribution in [3.05, 3.63) is 71.8 Å². The first-order valence-corrected chi connectivity index (χ1v) is 11.2. The van der Waals surface area contributed by atoms with E-state index in [0.717, 1.165) is 17.5 Å². The van der Waals surface area contributed by atoms with E-state index in [1.807, 2.05) is 6.07 Å². The maximum Gasteiger partial charge on any atom is 0.240 e. The van der Waals surface area contributed by atoms with Crippen molar-refractivity contribution in [3.63, 3.8) is 0 Å². The van der Waals surface area contributed by atoms with Gasteiger partial charge in [0.2, 0.25) is 10.0 Å². The lowest BCUT2D eigenvalue weighted by Crippen LogP contribution is -2.29. The van der Waals surface area contributed by atoms with Crippen LogP contribution in [0.25, 0.3) is 10.8 Å². The fourth-order valence-electron chi connectivity index (χ4n) is 3.71. The number of ketones is 1. The standard InChI is InChI=1S/C22H22FN3O3S/c23-21-13-25-12-16-2-1-14(9-19(16)21)10-22(27)20-11-18(20)15-3-5-17(6-4-15)30(28,29)26-8-7-24/h1-6,9,12-13,18,20,26H,7-8,10-11,24H2/t18-,20+/m0/s1. The summed E-state index contributed by atoms with van der Waals surface area (Å²) in [6.07, 6.45) is 3.74. The van der Waals surface area contributed by atoms with Crippen molar-refractivity contribution in [1.29, 1.82) is 0 Å². The second-order valence-electron chi connectivity index (χ2n) is 7.52. The minimum atomic E-state index is -3.57. The Kier molecular flexibility index (Phi) is 5.64. The molecule has 30 heavy (non-hydrogen) atoms. The lowest BCUT2D eigenvalue weighted by atomic mass is 10.0. The molecule has 8 heteroatoms. The van der Waals surface area contributed by atoms with Gasteiger partial charge in [0.15, 0.2) is 0 Å². The van der Waals surface area contributed by atoms with Crippen molar-refractivity contribution >= 4 is 26.6 Å². The van der Waals surface area contributed by atoms with Gasteiger partial charge < -0.3 is 5.73 Å². The van der Waals surface area contributed by atoms with Crippen LogP contribution in [0, 0.1) is 11.7 Å². The molecule has 0 radical (unpaired) electrons. The van der Waals surface area contributed by atoms with Gasteiger partial charge in [0.25, 0.3) is 0 Å². The van der Waals surface area contributed by atoms with Gasteiger partial charge in [0.05, 0.1) is 11.1 Å². The van der Waals surface area contributed by atoms with Gasteiger partial charge in [-0.05, 0) is 41.7 Å². The number of carbonyl (C=O) groups excluding carboxylic acids is 1. The van der Waals surface area contributed by atoms with E-state index in [0.29, 0.717) is 10.8 Å². The Morgan fingerprint density at radius 2 is 1.93 bits per heavy atom. The minimum absolute atomic E-state index is 0.0904. The Bertz CT molecular complexity index is 1200. The molecule has 1 fully saturated rings. The monoisotopic (exact) mass is 427 g/mol. The maximum atomic E-state index is 13.9. The van der Waals surface area contributed by atoms with Crippen LogP contribution in [0.3, 0.4) is 0 Å². The number of benzene rings is 2. The number of hydrogen-bond acceptors (Lipinski definition) is 5. The molecule has 4 rings (SSSR count). The molecule has 1 aromatic heterocycles. The Morgan fingerprint density at radius 3 is 2.67 bits per heavy atom. The number of nitrogens with two attached hydrogens (primary N) is 1. The summed E-state index contributed by atoms with van der Waals surface area (Å²) < 4.78 is 40.6. The molecular weight excluding hydrogens is 405 g/mol. The zero-order valence-electron chi connectivity index (χ0n) is 16.2. The lowest BCUT2D eigenvalue weighted by molar-refractivity contribution is -0.119. The first-order chi connectivity index (χ1) is 14.4. The van der Waals surface area contributed by atoms with Crippen LogP contribution in [0.2, 0.25) is 0 Å². The van der Waals surface area contributed by atoms with E-state index in [9.17, 15) is 17.6 Å². The molecule has 1 aliphatic rings. The highest BCUT2D eigenvalue weighted by Crippen LogP contribution is 2.48. The van der Waals surface area contributed by atoms with E-state index in [4.69, 9.17) is 5.73 Å². The predicted octanol–water partition coefficient (Wildman–Crippen LogP) is 2.53. The molecule has 1 saturated carbocycles. The molecule has 0 saturated heterocycles. The predicted molar refractivity (Wildman–Crippen MR) is 112 cm³/mol. The second kappa shape index (κ2) is 8.22. The van der Waals surface area contributed by atoms with Crippen molar-refractivity contribution in [1.82, 2.24) is 9.71 Å². The van der Waals surface area contributed by atoms with E-state index in [1.54, 1.807) is 42.6 Å². The number of aromatic nitrogens is 1. The molecular formula is C22H22FN3O3S. The topological polar surface area (TPSA) is 102 Å². The fraction of sp³-hybridized carbons (Fsp3) is 0.273. The van der Waals surface area contributed by atoms with Gasteiger partial charge in [-0.25, -0.2) is 17.5 Å². The number of fused-ring (bicyclic) bond motifs is 1. The highest BCUT2D eigenvalue weighted by molar-refractivity contribution is 7.89. The highest BCUT2D eigenvalue weighted by Gasteiger charge is 2.43. The van der Waals surface area contributed by atoms with Crippen molar-refractivity contribution in [2.45, 2.75) is 23.7 Å². The van der Waals surface area contributed by atoms with Crippen molar-refractivity contribution in [2.75, 3.05) is 13.1 Å². The van der Waals surface area contributed by atoms with E-state index in [-0.39, 0.29) is 42.0 Å². The molecule has 1 heterocycles. The number of nitrogens with one attached hydrogen (secondary N) is 1. The smallest absolute Gasteiger partial charge is 0.240 e. The molecule has 0 spiro atoms. The van der Waals surface area contributed by atoms with Gasteiger partial charge in [-0.3, -0.25) is 9.78 Å². The van der Waals surface area contributed by atoms with Gasteiger partial charge in [-0.1, -0.05) is 24.3 Å². The molecule has 2 aromatic carbocycles. The number of rotatable bonds is 8. The van der Waals surface area contributed by atoms with Crippen LogP contribution in [0.5, 0.6) is 0 Å². The van der Waals surface area contributed by atoms with E-state index < -0.39 is 15.8 Å². The van der Waals surface area contributed by atoms with E-state index >= 15 is 0 Å². The summed E-state index contributed by atoms with van der Waals surface area (Å²) in [6, 6.07) is 11.9. The molecule has 156 valence electrons. The average molecular weight is 428 g/mol. The Hall–Kier alpha value is -2.68. The third-order valence-electron chi connectivity index (χ3n) is 5.41. The number of carbonyl (C=O) groups is 1. The zero-order valence-corrected chi connectivity index (χ0v) is 17.0. The number of hydrogen-bond donors (Lipinski definition) is 2. The van der Waals surface area contributed by atoms with Crippen LogP contribution in [0.1, 0.15) is 23.5 Å². The van der Waals surface area contributed by atoms with E-state index in [1.165, 1.54) is 6.20 Å². The quantitative estimate of drug-likeness (QED) is 0.575. The largest absolute Gasteiger partial charge is 0.329 e. The summed E-state index contributed by atoms with van der Waals surface area (Å²) in [5.74, 6) is -0.300. The van der Waals surface area contributed by atoms with Crippen molar-refractivity contribution < 1.29 is 17.6 Å². The van der Waals surface area contributed by atoms with Crippen LogP contribution >= 0.6 is 0 Å². The van der Waals surface area contributed by atoms with Crippen LogP contribution in [0.4, 0.5) is 4.39 Å². The normalized spacial score (nSPS) is 18.5.